The molecule has 1 saturated heterocycles. The maximum absolute atomic E-state index is 12.4. The molecule has 1 unspecified atom stereocenters. The van der Waals surface area contributed by atoms with Crippen LogP contribution in [0.25, 0.3) is 0 Å². The number of carbonyl (C=O) groups excluding carboxylic acids is 1. The van der Waals surface area contributed by atoms with E-state index in [1.54, 1.807) is 23.1 Å². The molecule has 1 N–H and O–H groups in total. The summed E-state index contributed by atoms with van der Waals surface area (Å²) in [5.41, 5.74) is 1.21. The molecule has 0 spiro atoms. The molecule has 5 heteroatoms. The molecule has 0 bridgehead atoms. The maximum Gasteiger partial charge on any atom is 0.240 e. The van der Waals surface area contributed by atoms with Gasteiger partial charge in [0.15, 0.2) is 0 Å². The third-order valence-corrected chi connectivity index (χ3v) is 5.60. The van der Waals surface area contributed by atoms with Crippen molar-refractivity contribution in [3.8, 4) is 0 Å². The normalized spacial score (nSPS) is 28.2. The summed E-state index contributed by atoms with van der Waals surface area (Å²) in [6.45, 7) is 1.21. The van der Waals surface area contributed by atoms with E-state index in [0.717, 1.165) is 18.6 Å². The number of hydrogen-bond acceptors (Lipinski definition) is 4. The smallest absolute Gasteiger partial charge is 0.240 e. The van der Waals surface area contributed by atoms with E-state index in [-0.39, 0.29) is 17.3 Å². The molecule has 1 aromatic heterocycles. The number of likely N-dealkylation sites (tertiary alicyclic amines) is 1. The topological polar surface area (TPSA) is 40.5 Å². The van der Waals surface area contributed by atoms with Gasteiger partial charge in [0, 0.05) is 18.0 Å². The summed E-state index contributed by atoms with van der Waals surface area (Å²) in [6, 6.07) is 2.08. The second-order valence-corrected chi connectivity index (χ2v) is 6.74. The molecule has 3 nitrogen and oxygen atoms in total. The molecule has 2 atom stereocenters. The van der Waals surface area contributed by atoms with E-state index < -0.39 is 0 Å². The van der Waals surface area contributed by atoms with Crippen molar-refractivity contribution >= 4 is 29.0 Å². The molecular formula is C12H15NO2S2. The molecule has 92 valence electrons. The molecule has 1 amide bonds. The standard InChI is InChI=1S/C12H15NO2S2/c14-8-1-4-13(7-8)12(15)11-9-2-5-16-10(9)3-6-17-11/h2,5,8,11,14H,1,3-4,6-7H2/t8-,11?/m1/s1. The highest BCUT2D eigenvalue weighted by molar-refractivity contribution is 8.00. The van der Waals surface area contributed by atoms with Crippen molar-refractivity contribution in [3.63, 3.8) is 0 Å². The van der Waals surface area contributed by atoms with Crippen LogP contribution >= 0.6 is 23.1 Å². The number of aliphatic hydroxyl groups excluding tert-OH is 1. The van der Waals surface area contributed by atoms with Gasteiger partial charge in [-0.25, -0.2) is 0 Å². The summed E-state index contributed by atoms with van der Waals surface area (Å²) in [5, 5.41) is 11.6. The predicted octanol–water partition coefficient (Wildman–Crippen LogP) is 1.67. The SMILES string of the molecule is O=C(C1SCCc2sccc21)N1CC[C@@H](O)C1. The minimum absolute atomic E-state index is 0.0321. The zero-order chi connectivity index (χ0) is 11.8. The van der Waals surface area contributed by atoms with Crippen molar-refractivity contribution in [2.75, 3.05) is 18.8 Å². The zero-order valence-electron chi connectivity index (χ0n) is 9.46. The summed E-state index contributed by atoms with van der Waals surface area (Å²) in [4.78, 5) is 15.6. The van der Waals surface area contributed by atoms with Gasteiger partial charge in [0.1, 0.15) is 5.25 Å². The predicted molar refractivity (Wildman–Crippen MR) is 70.4 cm³/mol. The van der Waals surface area contributed by atoms with Crippen LogP contribution in [0, 0.1) is 0 Å². The Kier molecular flexibility index (Phi) is 3.15. The number of amides is 1. The molecule has 17 heavy (non-hydrogen) atoms. The van der Waals surface area contributed by atoms with Crippen molar-refractivity contribution < 1.29 is 9.90 Å². The van der Waals surface area contributed by atoms with E-state index in [0.29, 0.717) is 13.1 Å². The zero-order valence-corrected chi connectivity index (χ0v) is 11.1. The second-order valence-electron chi connectivity index (χ2n) is 4.53. The number of nitrogens with zero attached hydrogens (tertiary/aromatic N) is 1. The third-order valence-electron chi connectivity index (χ3n) is 3.38. The van der Waals surface area contributed by atoms with Crippen molar-refractivity contribution in [2.45, 2.75) is 24.2 Å². The summed E-state index contributed by atoms with van der Waals surface area (Å²) in [5.74, 6) is 1.21. The minimum Gasteiger partial charge on any atom is -0.391 e. The van der Waals surface area contributed by atoms with Crippen LogP contribution in [0.3, 0.4) is 0 Å². The van der Waals surface area contributed by atoms with Crippen LogP contribution in [0.2, 0.25) is 0 Å². The van der Waals surface area contributed by atoms with Gasteiger partial charge >= 0.3 is 0 Å². The van der Waals surface area contributed by atoms with E-state index in [1.807, 2.05) is 4.90 Å². The molecule has 3 rings (SSSR count). The van der Waals surface area contributed by atoms with Gasteiger partial charge in [-0.05, 0) is 35.6 Å². The monoisotopic (exact) mass is 269 g/mol. The first-order valence-electron chi connectivity index (χ1n) is 5.90. The largest absolute Gasteiger partial charge is 0.391 e. The van der Waals surface area contributed by atoms with Gasteiger partial charge in [0.2, 0.25) is 5.91 Å². The minimum atomic E-state index is -0.325. The lowest BCUT2D eigenvalue weighted by molar-refractivity contribution is -0.130. The van der Waals surface area contributed by atoms with Gasteiger partial charge in [-0.2, -0.15) is 0 Å². The Morgan fingerprint density at radius 2 is 2.41 bits per heavy atom. The first-order chi connectivity index (χ1) is 8.25. The quantitative estimate of drug-likeness (QED) is 0.843. The number of rotatable bonds is 1. The van der Waals surface area contributed by atoms with Gasteiger partial charge in [-0.3, -0.25) is 4.79 Å². The van der Waals surface area contributed by atoms with E-state index in [1.165, 1.54) is 10.4 Å². The molecule has 1 fully saturated rings. The van der Waals surface area contributed by atoms with Crippen LogP contribution in [0.4, 0.5) is 0 Å². The second kappa shape index (κ2) is 4.63. The number of aliphatic hydroxyl groups is 1. The molecular weight excluding hydrogens is 254 g/mol. The highest BCUT2D eigenvalue weighted by Gasteiger charge is 2.34. The number of carbonyl (C=O) groups is 1. The van der Waals surface area contributed by atoms with E-state index in [9.17, 15) is 9.90 Å². The lowest BCUT2D eigenvalue weighted by Gasteiger charge is -2.26. The number of thiophene rings is 1. The molecule has 0 saturated carbocycles. The lowest BCUT2D eigenvalue weighted by Crippen LogP contribution is -2.34. The van der Waals surface area contributed by atoms with Gasteiger partial charge < -0.3 is 10.0 Å². The van der Waals surface area contributed by atoms with Crippen molar-refractivity contribution in [1.29, 1.82) is 0 Å². The maximum atomic E-state index is 12.4. The molecule has 2 aliphatic rings. The molecule has 1 aromatic rings. The number of fused-ring (bicyclic) bond motifs is 1. The molecule has 0 aliphatic carbocycles. The van der Waals surface area contributed by atoms with Crippen LogP contribution in [0.5, 0.6) is 0 Å². The molecule has 3 heterocycles. The first-order valence-corrected chi connectivity index (χ1v) is 7.83. The Hall–Kier alpha value is -0.520. The fourth-order valence-corrected chi connectivity index (χ4v) is 4.83. The van der Waals surface area contributed by atoms with Gasteiger partial charge in [0.05, 0.1) is 6.10 Å². The average Bonchev–Trinajstić information content (AvgIpc) is 2.95. The van der Waals surface area contributed by atoms with Crippen molar-refractivity contribution in [1.82, 2.24) is 4.90 Å². The average molecular weight is 269 g/mol. The Balaban J connectivity index is 1.80. The van der Waals surface area contributed by atoms with Gasteiger partial charge in [-0.15, -0.1) is 23.1 Å². The number of thioether (sulfide) groups is 1. The van der Waals surface area contributed by atoms with Crippen LogP contribution in [0.15, 0.2) is 11.4 Å². The third kappa shape index (κ3) is 2.11. The lowest BCUT2D eigenvalue weighted by atomic mass is 10.1. The molecule has 0 radical (unpaired) electrons. The van der Waals surface area contributed by atoms with Crippen LogP contribution in [-0.4, -0.2) is 40.9 Å². The summed E-state index contributed by atoms with van der Waals surface area (Å²) < 4.78 is 0. The Bertz CT molecular complexity index is 432. The van der Waals surface area contributed by atoms with Crippen LogP contribution < -0.4 is 0 Å². The Labute approximate surface area is 109 Å². The highest BCUT2D eigenvalue weighted by atomic mass is 32.2. The number of β-amino-alcohol motifs (C(OH)–C–C–N with tert-alkyl or cyclic N) is 1. The Morgan fingerprint density at radius 3 is 3.18 bits per heavy atom. The molecule has 0 aromatic carbocycles. The Morgan fingerprint density at radius 1 is 1.53 bits per heavy atom. The van der Waals surface area contributed by atoms with Crippen LogP contribution in [-0.2, 0) is 11.2 Å². The van der Waals surface area contributed by atoms with Gasteiger partial charge in [-0.1, -0.05) is 0 Å². The molecule has 2 aliphatic heterocycles. The van der Waals surface area contributed by atoms with Crippen molar-refractivity contribution in [3.05, 3.63) is 21.9 Å². The fourth-order valence-electron chi connectivity index (χ4n) is 2.46. The summed E-state index contributed by atoms with van der Waals surface area (Å²) >= 11 is 3.50. The van der Waals surface area contributed by atoms with E-state index in [2.05, 4.69) is 11.4 Å². The number of aryl methyl sites for hydroxylation is 1. The number of hydrogen-bond donors (Lipinski definition) is 1. The highest BCUT2D eigenvalue weighted by Crippen LogP contribution is 2.40. The summed E-state index contributed by atoms with van der Waals surface area (Å²) in [7, 11) is 0. The van der Waals surface area contributed by atoms with Gasteiger partial charge in [0.25, 0.3) is 0 Å². The van der Waals surface area contributed by atoms with E-state index in [4.69, 9.17) is 0 Å². The fraction of sp³-hybridized carbons (Fsp3) is 0.583. The van der Waals surface area contributed by atoms with E-state index >= 15 is 0 Å². The summed E-state index contributed by atoms with van der Waals surface area (Å²) in [6.07, 6.45) is 1.48. The van der Waals surface area contributed by atoms with Crippen LogP contribution in [0.1, 0.15) is 22.1 Å². The first kappa shape index (κ1) is 11.6. The van der Waals surface area contributed by atoms with Crippen molar-refractivity contribution in [2.24, 2.45) is 0 Å².